The standard InChI is InChI=1S/C65H38N4S/c1-2-17-40-38-57-53(36-39(40)16-1)50-26-11-13-29-55(50)69(57)56-33-32-45(37-54(56)51-28-15-31-59-60(51)52-27-12-14-30-58(52)70-59)63-66-64(61-46-22-7-3-18-41(46)34-42-19-4-8-23-47(42)61)68-65(67-63)62-48-24-9-5-20-43(48)35-44-21-6-10-25-49(44)62/h1-38H. The molecule has 0 aliphatic heterocycles. The van der Waals surface area contributed by atoms with Crippen molar-refractivity contribution < 1.29 is 0 Å². The molecule has 0 N–H and O–H groups in total. The molecule has 0 bridgehead atoms. The van der Waals surface area contributed by atoms with Crippen molar-refractivity contribution >= 4 is 107 Å². The molecular weight excluding hydrogens is 869 g/mol. The fourth-order valence-corrected chi connectivity index (χ4v) is 12.4. The van der Waals surface area contributed by atoms with Crippen LogP contribution < -0.4 is 0 Å². The number of rotatable bonds is 5. The van der Waals surface area contributed by atoms with Crippen LogP contribution in [0.4, 0.5) is 0 Å². The maximum absolute atomic E-state index is 5.60. The molecule has 3 heterocycles. The van der Waals surface area contributed by atoms with Gasteiger partial charge in [0, 0.05) is 53.2 Å². The predicted molar refractivity (Wildman–Crippen MR) is 296 cm³/mol. The molecular formula is C65H38N4S. The van der Waals surface area contributed by atoms with Gasteiger partial charge < -0.3 is 4.57 Å². The fourth-order valence-electron chi connectivity index (χ4n) is 11.2. The van der Waals surface area contributed by atoms with Gasteiger partial charge in [0.2, 0.25) is 0 Å². The van der Waals surface area contributed by atoms with E-state index < -0.39 is 0 Å². The lowest BCUT2D eigenvalue weighted by molar-refractivity contribution is 1.08. The van der Waals surface area contributed by atoms with E-state index in [4.69, 9.17) is 15.0 Å². The van der Waals surface area contributed by atoms with E-state index in [2.05, 4.69) is 235 Å². The van der Waals surface area contributed by atoms with Crippen LogP contribution in [0.1, 0.15) is 0 Å². The lowest BCUT2D eigenvalue weighted by Gasteiger charge is -2.18. The van der Waals surface area contributed by atoms with Gasteiger partial charge >= 0.3 is 0 Å². The van der Waals surface area contributed by atoms with Crippen molar-refractivity contribution in [1.82, 2.24) is 19.5 Å². The van der Waals surface area contributed by atoms with E-state index in [1.54, 1.807) is 0 Å². The van der Waals surface area contributed by atoms with Crippen molar-refractivity contribution in [3.8, 4) is 51.0 Å². The van der Waals surface area contributed by atoms with Gasteiger partial charge in [-0.05, 0) is 120 Å². The molecule has 0 spiro atoms. The Labute approximate surface area is 406 Å². The molecule has 4 nitrogen and oxygen atoms in total. The van der Waals surface area contributed by atoms with Crippen LogP contribution >= 0.6 is 11.3 Å². The highest BCUT2D eigenvalue weighted by atomic mass is 32.1. The minimum Gasteiger partial charge on any atom is -0.309 e. The zero-order valence-corrected chi connectivity index (χ0v) is 38.5. The average Bonchev–Trinajstić information content (AvgIpc) is 3.96. The average molecular weight is 907 g/mol. The summed E-state index contributed by atoms with van der Waals surface area (Å²) in [6.45, 7) is 0. The summed E-state index contributed by atoms with van der Waals surface area (Å²) in [5.74, 6) is 1.88. The molecule has 0 atom stereocenters. The van der Waals surface area contributed by atoms with Crippen LogP contribution in [0.15, 0.2) is 231 Å². The molecule has 0 aliphatic carbocycles. The predicted octanol–water partition coefficient (Wildman–Crippen LogP) is 17.8. The molecule has 0 aliphatic rings. The summed E-state index contributed by atoms with van der Waals surface area (Å²) in [7, 11) is 0. The lowest BCUT2D eigenvalue weighted by atomic mass is 9.94. The Morgan fingerprint density at radius 1 is 0.300 bits per heavy atom. The molecule has 15 rings (SSSR count). The number of para-hydroxylation sites is 1. The molecule has 3 aromatic heterocycles. The molecule has 70 heavy (non-hydrogen) atoms. The van der Waals surface area contributed by atoms with Crippen molar-refractivity contribution in [3.05, 3.63) is 231 Å². The fraction of sp³-hybridized carbons (Fsp3) is 0. The highest BCUT2D eigenvalue weighted by Crippen LogP contribution is 2.46. The topological polar surface area (TPSA) is 43.6 Å². The van der Waals surface area contributed by atoms with Gasteiger partial charge in [-0.3, -0.25) is 0 Å². The molecule has 12 aromatic carbocycles. The SMILES string of the molecule is c1ccc2cc3c(cc2c1)c1ccccc1n3-c1ccc(-c2nc(-c3c4ccccc4cc4ccccc34)nc(-c3c4ccccc4cc4ccccc34)n2)cc1-c1cccc2sc3ccccc3c12. The van der Waals surface area contributed by atoms with Gasteiger partial charge in [0.15, 0.2) is 17.5 Å². The van der Waals surface area contributed by atoms with Crippen molar-refractivity contribution in [2.45, 2.75) is 0 Å². The maximum Gasteiger partial charge on any atom is 0.165 e. The van der Waals surface area contributed by atoms with E-state index in [9.17, 15) is 0 Å². The smallest absolute Gasteiger partial charge is 0.165 e. The van der Waals surface area contributed by atoms with Gasteiger partial charge in [0.25, 0.3) is 0 Å². The lowest BCUT2D eigenvalue weighted by Crippen LogP contribution is -2.03. The molecule has 0 saturated carbocycles. The molecule has 15 aromatic rings. The number of fused-ring (bicyclic) bond motifs is 11. The summed E-state index contributed by atoms with van der Waals surface area (Å²) in [6, 6.07) is 83.5. The second-order valence-corrected chi connectivity index (χ2v) is 19.4. The zero-order valence-electron chi connectivity index (χ0n) is 37.6. The van der Waals surface area contributed by atoms with Crippen molar-refractivity contribution in [2.75, 3.05) is 0 Å². The molecule has 0 saturated heterocycles. The Hall–Kier alpha value is -9.03. The molecule has 0 radical (unpaired) electrons. The maximum atomic E-state index is 5.60. The van der Waals surface area contributed by atoms with Crippen LogP contribution in [0.3, 0.4) is 0 Å². The minimum absolute atomic E-state index is 0.609. The van der Waals surface area contributed by atoms with Crippen molar-refractivity contribution in [2.24, 2.45) is 0 Å². The Bertz CT molecular complexity index is 4430. The van der Waals surface area contributed by atoms with Crippen molar-refractivity contribution in [3.63, 3.8) is 0 Å². The Kier molecular flexibility index (Phi) is 8.49. The van der Waals surface area contributed by atoms with Gasteiger partial charge in [-0.25, -0.2) is 15.0 Å². The molecule has 0 amide bonds. The van der Waals surface area contributed by atoms with E-state index in [1.807, 2.05) is 11.3 Å². The second-order valence-electron chi connectivity index (χ2n) is 18.3. The van der Waals surface area contributed by atoms with Crippen LogP contribution in [-0.2, 0) is 0 Å². The number of thiophene rings is 1. The van der Waals surface area contributed by atoms with Crippen LogP contribution in [0.25, 0.3) is 147 Å². The van der Waals surface area contributed by atoms with Gasteiger partial charge in [-0.2, -0.15) is 0 Å². The summed E-state index contributed by atoms with van der Waals surface area (Å²) in [6.07, 6.45) is 0. The Morgan fingerprint density at radius 2 is 0.786 bits per heavy atom. The first kappa shape index (κ1) is 39.0. The first-order chi connectivity index (χ1) is 34.7. The molecule has 5 heteroatoms. The Balaban J connectivity index is 1.07. The van der Waals surface area contributed by atoms with E-state index in [0.29, 0.717) is 17.5 Å². The Morgan fingerprint density at radius 3 is 1.40 bits per heavy atom. The van der Waals surface area contributed by atoms with Gasteiger partial charge in [0.05, 0.1) is 16.7 Å². The number of hydrogen-bond acceptors (Lipinski definition) is 4. The minimum atomic E-state index is 0.609. The van der Waals surface area contributed by atoms with Crippen molar-refractivity contribution in [1.29, 1.82) is 0 Å². The monoisotopic (exact) mass is 906 g/mol. The van der Waals surface area contributed by atoms with E-state index in [0.717, 1.165) is 87.6 Å². The molecule has 0 unspecified atom stereocenters. The zero-order chi connectivity index (χ0) is 45.9. The highest BCUT2D eigenvalue weighted by Gasteiger charge is 2.24. The number of benzene rings is 12. The largest absolute Gasteiger partial charge is 0.309 e. The van der Waals surface area contributed by atoms with Crippen LogP contribution in [0.5, 0.6) is 0 Å². The normalized spacial score (nSPS) is 12.0. The second kappa shape index (κ2) is 15.2. The first-order valence-corrected chi connectivity index (χ1v) is 24.6. The van der Waals surface area contributed by atoms with Crippen LogP contribution in [-0.4, -0.2) is 19.5 Å². The van der Waals surface area contributed by atoms with E-state index in [-0.39, 0.29) is 0 Å². The first-order valence-electron chi connectivity index (χ1n) is 23.8. The molecule has 324 valence electrons. The summed E-state index contributed by atoms with van der Waals surface area (Å²) < 4.78 is 4.99. The summed E-state index contributed by atoms with van der Waals surface area (Å²) in [5.41, 5.74) is 8.54. The quantitative estimate of drug-likeness (QED) is 0.162. The van der Waals surface area contributed by atoms with Crippen LogP contribution in [0.2, 0.25) is 0 Å². The van der Waals surface area contributed by atoms with Gasteiger partial charge in [-0.15, -0.1) is 11.3 Å². The number of hydrogen-bond donors (Lipinski definition) is 0. The van der Waals surface area contributed by atoms with E-state index in [1.165, 1.54) is 41.7 Å². The number of nitrogens with zero attached hydrogens (tertiary/aromatic N) is 4. The van der Waals surface area contributed by atoms with Gasteiger partial charge in [0.1, 0.15) is 0 Å². The number of aromatic nitrogens is 4. The summed E-state index contributed by atoms with van der Waals surface area (Å²) >= 11 is 1.84. The third-order valence-electron chi connectivity index (χ3n) is 14.4. The summed E-state index contributed by atoms with van der Waals surface area (Å²) in [4.78, 5) is 16.8. The highest BCUT2D eigenvalue weighted by molar-refractivity contribution is 7.25. The summed E-state index contributed by atoms with van der Waals surface area (Å²) in [5, 5.41) is 16.3. The van der Waals surface area contributed by atoms with Crippen LogP contribution in [0, 0.1) is 0 Å². The van der Waals surface area contributed by atoms with E-state index >= 15 is 0 Å². The van der Waals surface area contributed by atoms with Gasteiger partial charge in [-0.1, -0.05) is 170 Å². The third-order valence-corrected chi connectivity index (χ3v) is 15.5. The third kappa shape index (κ3) is 5.92. The molecule has 0 fully saturated rings.